The van der Waals surface area contributed by atoms with Crippen molar-refractivity contribution >= 4 is 11.6 Å². The molecule has 0 fully saturated rings. The lowest BCUT2D eigenvalue weighted by atomic mass is 9.92. The third-order valence-corrected chi connectivity index (χ3v) is 3.63. The third-order valence-electron chi connectivity index (χ3n) is 3.26. The van der Waals surface area contributed by atoms with E-state index in [1.54, 1.807) is 12.1 Å². The van der Waals surface area contributed by atoms with Crippen LogP contribution >= 0.6 is 11.6 Å². The Labute approximate surface area is 118 Å². The standard InChI is InChI=1S/C16H18ClNO/c17-16-4-2-1-3-14(16)10-13(11-18)9-12-5-7-15(19)8-6-12/h1-8,13,19H,9-11,18H2. The number of halogens is 1. The molecule has 0 aromatic heterocycles. The van der Waals surface area contributed by atoms with Gasteiger partial charge in [-0.1, -0.05) is 41.9 Å². The van der Waals surface area contributed by atoms with Crippen LogP contribution in [0.15, 0.2) is 48.5 Å². The maximum absolute atomic E-state index is 9.28. The number of benzene rings is 2. The molecular formula is C16H18ClNO. The first-order valence-corrected chi connectivity index (χ1v) is 6.78. The maximum Gasteiger partial charge on any atom is 0.115 e. The highest BCUT2D eigenvalue weighted by molar-refractivity contribution is 6.31. The summed E-state index contributed by atoms with van der Waals surface area (Å²) in [6.45, 7) is 0.617. The van der Waals surface area contributed by atoms with Gasteiger partial charge in [0.1, 0.15) is 5.75 Å². The van der Waals surface area contributed by atoms with Crippen LogP contribution in [0, 0.1) is 5.92 Å². The topological polar surface area (TPSA) is 46.2 Å². The molecule has 3 N–H and O–H groups in total. The molecule has 1 unspecified atom stereocenters. The van der Waals surface area contributed by atoms with Gasteiger partial charge in [-0.3, -0.25) is 0 Å². The molecule has 0 spiro atoms. The van der Waals surface area contributed by atoms with Crippen molar-refractivity contribution in [2.75, 3.05) is 6.54 Å². The Balaban J connectivity index is 2.05. The Bertz CT molecular complexity index is 525. The van der Waals surface area contributed by atoms with Gasteiger partial charge in [-0.25, -0.2) is 0 Å². The van der Waals surface area contributed by atoms with Gasteiger partial charge in [0.15, 0.2) is 0 Å². The number of hydrogen-bond acceptors (Lipinski definition) is 2. The summed E-state index contributed by atoms with van der Waals surface area (Å²) in [7, 11) is 0. The second kappa shape index (κ2) is 6.60. The van der Waals surface area contributed by atoms with Crippen molar-refractivity contribution in [3.63, 3.8) is 0 Å². The molecular weight excluding hydrogens is 258 g/mol. The summed E-state index contributed by atoms with van der Waals surface area (Å²) >= 11 is 6.18. The average molecular weight is 276 g/mol. The molecule has 3 heteroatoms. The van der Waals surface area contributed by atoms with Crippen molar-refractivity contribution in [1.82, 2.24) is 0 Å². The van der Waals surface area contributed by atoms with Crippen molar-refractivity contribution in [1.29, 1.82) is 0 Å². The van der Waals surface area contributed by atoms with Crippen LogP contribution in [-0.2, 0) is 12.8 Å². The van der Waals surface area contributed by atoms with Crippen LogP contribution < -0.4 is 5.73 Å². The predicted octanol–water partition coefficient (Wildman–Crippen LogP) is 3.41. The van der Waals surface area contributed by atoms with Crippen LogP contribution in [0.1, 0.15) is 11.1 Å². The fraction of sp³-hybridized carbons (Fsp3) is 0.250. The maximum atomic E-state index is 9.28. The highest BCUT2D eigenvalue weighted by Crippen LogP contribution is 2.21. The van der Waals surface area contributed by atoms with Gasteiger partial charge >= 0.3 is 0 Å². The van der Waals surface area contributed by atoms with Crippen molar-refractivity contribution < 1.29 is 5.11 Å². The predicted molar refractivity (Wildman–Crippen MR) is 79.5 cm³/mol. The highest BCUT2D eigenvalue weighted by Gasteiger charge is 2.11. The van der Waals surface area contributed by atoms with E-state index in [0.717, 1.165) is 23.4 Å². The van der Waals surface area contributed by atoms with Gasteiger partial charge in [0.05, 0.1) is 0 Å². The van der Waals surface area contributed by atoms with E-state index >= 15 is 0 Å². The Kier molecular flexibility index (Phi) is 4.83. The molecule has 0 aliphatic carbocycles. The van der Waals surface area contributed by atoms with Crippen LogP contribution in [0.25, 0.3) is 0 Å². The molecule has 0 radical (unpaired) electrons. The molecule has 0 aliphatic heterocycles. The molecule has 0 saturated heterocycles. The van der Waals surface area contributed by atoms with Gasteiger partial charge in [0, 0.05) is 5.02 Å². The zero-order valence-corrected chi connectivity index (χ0v) is 11.5. The van der Waals surface area contributed by atoms with Gasteiger partial charge in [-0.2, -0.15) is 0 Å². The van der Waals surface area contributed by atoms with Gasteiger partial charge in [0.2, 0.25) is 0 Å². The SMILES string of the molecule is NCC(Cc1ccc(O)cc1)Cc1ccccc1Cl. The third kappa shape index (κ3) is 3.98. The van der Waals surface area contributed by atoms with Crippen LogP contribution in [0.3, 0.4) is 0 Å². The quantitative estimate of drug-likeness (QED) is 0.878. The Morgan fingerprint density at radius 1 is 1.00 bits per heavy atom. The molecule has 0 saturated carbocycles. The lowest BCUT2D eigenvalue weighted by molar-refractivity contribution is 0.474. The van der Waals surface area contributed by atoms with Crippen LogP contribution in [0.4, 0.5) is 0 Å². The van der Waals surface area contributed by atoms with Gasteiger partial charge < -0.3 is 10.8 Å². The van der Waals surface area contributed by atoms with E-state index in [0.29, 0.717) is 18.2 Å². The van der Waals surface area contributed by atoms with Crippen molar-refractivity contribution in [3.8, 4) is 5.75 Å². The van der Waals surface area contributed by atoms with E-state index in [1.807, 2.05) is 36.4 Å². The van der Waals surface area contributed by atoms with Crippen molar-refractivity contribution in [2.45, 2.75) is 12.8 Å². The minimum Gasteiger partial charge on any atom is -0.508 e. The van der Waals surface area contributed by atoms with Gasteiger partial charge in [-0.05, 0) is 54.6 Å². The van der Waals surface area contributed by atoms with Crippen molar-refractivity contribution in [2.24, 2.45) is 11.7 Å². The summed E-state index contributed by atoms with van der Waals surface area (Å²) in [5, 5.41) is 10.1. The molecule has 1 atom stereocenters. The Hall–Kier alpha value is -1.51. The van der Waals surface area contributed by atoms with Crippen LogP contribution in [0.2, 0.25) is 5.02 Å². The molecule has 0 bridgehead atoms. The molecule has 2 rings (SSSR count). The molecule has 19 heavy (non-hydrogen) atoms. The zero-order chi connectivity index (χ0) is 13.7. The lowest BCUT2D eigenvalue weighted by Gasteiger charge is -2.15. The fourth-order valence-electron chi connectivity index (χ4n) is 2.18. The summed E-state index contributed by atoms with van der Waals surface area (Å²) in [6, 6.07) is 15.2. The van der Waals surface area contributed by atoms with Crippen LogP contribution in [-0.4, -0.2) is 11.7 Å². The van der Waals surface area contributed by atoms with Crippen molar-refractivity contribution in [3.05, 3.63) is 64.7 Å². The summed E-state index contributed by atoms with van der Waals surface area (Å²) < 4.78 is 0. The van der Waals surface area contributed by atoms with Gasteiger partial charge in [0.25, 0.3) is 0 Å². The number of hydrogen-bond donors (Lipinski definition) is 2. The average Bonchev–Trinajstić information content (AvgIpc) is 2.43. The molecule has 2 aromatic carbocycles. The number of nitrogens with two attached hydrogens (primary N) is 1. The summed E-state index contributed by atoms with van der Waals surface area (Å²) in [5.74, 6) is 0.642. The summed E-state index contributed by atoms with van der Waals surface area (Å²) in [5.41, 5.74) is 8.17. The first kappa shape index (κ1) is 13.9. The lowest BCUT2D eigenvalue weighted by Crippen LogP contribution is -2.19. The van der Waals surface area contributed by atoms with Gasteiger partial charge in [-0.15, -0.1) is 0 Å². The van der Waals surface area contributed by atoms with E-state index in [2.05, 4.69) is 0 Å². The van der Waals surface area contributed by atoms with E-state index < -0.39 is 0 Å². The number of aromatic hydroxyl groups is 1. The van der Waals surface area contributed by atoms with E-state index in [4.69, 9.17) is 17.3 Å². The molecule has 2 nitrogen and oxygen atoms in total. The fourth-order valence-corrected chi connectivity index (χ4v) is 2.39. The van der Waals surface area contributed by atoms with E-state index in [9.17, 15) is 5.11 Å². The number of phenolic OH excluding ortho intramolecular Hbond substituents is 1. The number of rotatable bonds is 5. The molecule has 0 aliphatic rings. The monoisotopic (exact) mass is 275 g/mol. The highest BCUT2D eigenvalue weighted by atomic mass is 35.5. The summed E-state index contributed by atoms with van der Waals surface area (Å²) in [4.78, 5) is 0. The minimum absolute atomic E-state index is 0.291. The van der Waals surface area contributed by atoms with E-state index in [-0.39, 0.29) is 0 Å². The largest absolute Gasteiger partial charge is 0.508 e. The van der Waals surface area contributed by atoms with Crippen LogP contribution in [0.5, 0.6) is 5.75 Å². The van der Waals surface area contributed by atoms with E-state index in [1.165, 1.54) is 5.56 Å². The smallest absolute Gasteiger partial charge is 0.115 e. The second-order valence-corrected chi connectivity index (χ2v) is 5.18. The molecule has 2 aromatic rings. The normalized spacial score (nSPS) is 12.3. The molecule has 100 valence electrons. The zero-order valence-electron chi connectivity index (χ0n) is 10.7. The Morgan fingerprint density at radius 2 is 1.68 bits per heavy atom. The second-order valence-electron chi connectivity index (χ2n) is 4.77. The minimum atomic E-state index is 0.291. The first-order chi connectivity index (χ1) is 9.19. The number of phenols is 1. The first-order valence-electron chi connectivity index (χ1n) is 6.40. The Morgan fingerprint density at radius 3 is 2.32 bits per heavy atom. The molecule has 0 amide bonds. The molecule has 0 heterocycles. The summed E-state index contributed by atoms with van der Waals surface area (Å²) in [6.07, 6.45) is 1.76.